The van der Waals surface area contributed by atoms with Crippen molar-refractivity contribution >= 4 is 17.5 Å². The molecular formula is C9H11ClF3N3O. The summed E-state index contributed by atoms with van der Waals surface area (Å²) in [7, 11) is 1.48. The molecule has 0 aromatic carbocycles. The zero-order chi connectivity index (χ0) is 12.9. The molecule has 1 heterocycles. The molecule has 1 unspecified atom stereocenters. The molecule has 96 valence electrons. The van der Waals surface area contributed by atoms with E-state index in [1.165, 1.54) is 7.11 Å². The Morgan fingerprint density at radius 3 is 2.82 bits per heavy atom. The van der Waals surface area contributed by atoms with Gasteiger partial charge in [-0.05, 0) is 6.07 Å². The highest BCUT2D eigenvalue weighted by Crippen LogP contribution is 2.27. The molecule has 0 radical (unpaired) electrons. The van der Waals surface area contributed by atoms with Gasteiger partial charge in [0, 0.05) is 19.9 Å². The molecule has 1 rings (SSSR count). The van der Waals surface area contributed by atoms with Crippen molar-refractivity contribution in [1.29, 1.82) is 0 Å². The molecule has 1 aromatic heterocycles. The van der Waals surface area contributed by atoms with Gasteiger partial charge >= 0.3 is 6.18 Å². The summed E-state index contributed by atoms with van der Waals surface area (Å²) in [5.74, 6) is -0.110. The lowest BCUT2D eigenvalue weighted by molar-refractivity contribution is -0.141. The van der Waals surface area contributed by atoms with E-state index in [0.717, 1.165) is 12.3 Å². The van der Waals surface area contributed by atoms with Crippen LogP contribution < -0.4 is 5.32 Å². The number of hydrogen-bond acceptors (Lipinski definition) is 4. The van der Waals surface area contributed by atoms with Crippen molar-refractivity contribution in [3.63, 3.8) is 0 Å². The van der Waals surface area contributed by atoms with Crippen molar-refractivity contribution in [3.05, 3.63) is 18.0 Å². The lowest BCUT2D eigenvalue weighted by atomic mass is 10.4. The van der Waals surface area contributed by atoms with Crippen LogP contribution >= 0.6 is 11.6 Å². The second kappa shape index (κ2) is 6.02. The molecule has 0 bridgehead atoms. The Kier molecular flexibility index (Phi) is 4.95. The first-order chi connectivity index (χ1) is 7.93. The van der Waals surface area contributed by atoms with Gasteiger partial charge in [-0.25, -0.2) is 9.97 Å². The van der Waals surface area contributed by atoms with Crippen molar-refractivity contribution in [2.24, 2.45) is 0 Å². The molecule has 1 atom stereocenters. The molecule has 1 aromatic rings. The van der Waals surface area contributed by atoms with Gasteiger partial charge in [-0.1, -0.05) is 0 Å². The molecule has 8 heteroatoms. The van der Waals surface area contributed by atoms with E-state index < -0.39 is 11.9 Å². The Morgan fingerprint density at radius 1 is 1.53 bits per heavy atom. The van der Waals surface area contributed by atoms with Crippen molar-refractivity contribution in [1.82, 2.24) is 9.97 Å². The third-order valence-electron chi connectivity index (χ3n) is 1.78. The van der Waals surface area contributed by atoms with Crippen LogP contribution in [0.5, 0.6) is 0 Å². The van der Waals surface area contributed by atoms with Gasteiger partial charge in [-0.3, -0.25) is 0 Å². The third kappa shape index (κ3) is 4.74. The molecule has 0 fully saturated rings. The van der Waals surface area contributed by atoms with Crippen LogP contribution in [0.15, 0.2) is 12.3 Å². The summed E-state index contributed by atoms with van der Waals surface area (Å²) in [5.41, 5.74) is -0.993. The summed E-state index contributed by atoms with van der Waals surface area (Å²) in [6.45, 7) is 0.504. The van der Waals surface area contributed by atoms with E-state index in [1.54, 1.807) is 0 Å². The van der Waals surface area contributed by atoms with Crippen LogP contribution in [0.2, 0.25) is 0 Å². The second-order valence-corrected chi connectivity index (χ2v) is 3.81. The monoisotopic (exact) mass is 269 g/mol. The van der Waals surface area contributed by atoms with Gasteiger partial charge in [-0.15, -0.1) is 11.6 Å². The molecule has 0 saturated carbocycles. The quantitative estimate of drug-likeness (QED) is 0.832. The van der Waals surface area contributed by atoms with Crippen LogP contribution in [0.3, 0.4) is 0 Å². The average Bonchev–Trinajstić information content (AvgIpc) is 2.26. The smallest absolute Gasteiger partial charge is 0.383 e. The van der Waals surface area contributed by atoms with Gasteiger partial charge in [0.1, 0.15) is 5.69 Å². The van der Waals surface area contributed by atoms with Crippen LogP contribution in [0, 0.1) is 0 Å². The van der Waals surface area contributed by atoms with Crippen molar-refractivity contribution in [3.8, 4) is 0 Å². The molecule has 0 saturated heterocycles. The zero-order valence-electron chi connectivity index (χ0n) is 8.96. The highest BCUT2D eigenvalue weighted by molar-refractivity contribution is 6.21. The minimum Gasteiger partial charge on any atom is -0.383 e. The van der Waals surface area contributed by atoms with E-state index >= 15 is 0 Å². The summed E-state index contributed by atoms with van der Waals surface area (Å²) in [6.07, 6.45) is -3.44. The summed E-state index contributed by atoms with van der Waals surface area (Å²) >= 11 is 5.80. The number of nitrogens with zero attached hydrogens (tertiary/aromatic N) is 2. The fourth-order valence-corrected chi connectivity index (χ4v) is 1.25. The first-order valence-corrected chi connectivity index (χ1v) is 5.14. The highest BCUT2D eigenvalue weighted by atomic mass is 35.5. The molecule has 0 aliphatic rings. The van der Waals surface area contributed by atoms with Gasteiger partial charge in [0.05, 0.1) is 12.0 Å². The number of aromatic nitrogens is 2. The average molecular weight is 270 g/mol. The van der Waals surface area contributed by atoms with Gasteiger partial charge in [0.25, 0.3) is 0 Å². The molecule has 17 heavy (non-hydrogen) atoms. The number of rotatable bonds is 5. The van der Waals surface area contributed by atoms with Crippen LogP contribution in [0.1, 0.15) is 5.69 Å². The van der Waals surface area contributed by atoms with Crippen LogP contribution in [-0.4, -0.2) is 35.6 Å². The Morgan fingerprint density at radius 2 is 2.24 bits per heavy atom. The maximum Gasteiger partial charge on any atom is 0.433 e. The number of methoxy groups -OCH3 is 1. The van der Waals surface area contributed by atoms with Gasteiger partial charge < -0.3 is 10.1 Å². The zero-order valence-corrected chi connectivity index (χ0v) is 9.72. The van der Waals surface area contributed by atoms with Gasteiger partial charge in [0.15, 0.2) is 0 Å². The molecular weight excluding hydrogens is 259 g/mol. The maximum atomic E-state index is 12.3. The molecule has 0 aliphatic carbocycles. The molecule has 1 N–H and O–H groups in total. The number of anilines is 1. The Balaban J connectivity index is 2.60. The first kappa shape index (κ1) is 14.0. The number of halogens is 4. The van der Waals surface area contributed by atoms with E-state index in [0.29, 0.717) is 0 Å². The van der Waals surface area contributed by atoms with Crippen molar-refractivity contribution in [2.45, 2.75) is 11.6 Å². The fourth-order valence-electron chi connectivity index (χ4n) is 1.04. The van der Waals surface area contributed by atoms with E-state index in [4.69, 9.17) is 16.3 Å². The van der Waals surface area contributed by atoms with Gasteiger partial charge in [0.2, 0.25) is 5.95 Å². The van der Waals surface area contributed by atoms with E-state index in [-0.39, 0.29) is 24.5 Å². The fraction of sp³-hybridized carbons (Fsp3) is 0.556. The van der Waals surface area contributed by atoms with E-state index in [2.05, 4.69) is 15.3 Å². The number of nitrogens with one attached hydrogen (secondary N) is 1. The Labute approximate surface area is 101 Å². The lowest BCUT2D eigenvalue weighted by Gasteiger charge is -2.11. The van der Waals surface area contributed by atoms with Crippen molar-refractivity contribution < 1.29 is 17.9 Å². The molecule has 4 nitrogen and oxygen atoms in total. The van der Waals surface area contributed by atoms with Crippen LogP contribution in [0.25, 0.3) is 0 Å². The summed E-state index contributed by atoms with van der Waals surface area (Å²) in [4.78, 5) is 6.99. The Bertz CT molecular complexity index is 362. The minimum atomic E-state index is -4.48. The largest absolute Gasteiger partial charge is 0.433 e. The predicted octanol–water partition coefficient (Wildman–Crippen LogP) is 2.16. The highest BCUT2D eigenvalue weighted by Gasteiger charge is 2.32. The van der Waals surface area contributed by atoms with Crippen LogP contribution in [0.4, 0.5) is 19.1 Å². The SMILES string of the molecule is COCC(Cl)CNc1nccc(C(F)(F)F)n1. The standard InChI is InChI=1S/C9H11ClF3N3O/c1-17-5-6(10)4-15-8-14-3-2-7(16-8)9(11,12)13/h2-3,6H,4-5H2,1H3,(H,14,15,16). The lowest BCUT2D eigenvalue weighted by Crippen LogP contribution is -2.21. The normalized spacial score (nSPS) is 13.5. The van der Waals surface area contributed by atoms with E-state index in [1.807, 2.05) is 0 Å². The second-order valence-electron chi connectivity index (χ2n) is 3.20. The summed E-state index contributed by atoms with van der Waals surface area (Å²) in [5, 5.41) is 2.24. The first-order valence-electron chi connectivity index (χ1n) is 4.70. The van der Waals surface area contributed by atoms with Gasteiger partial charge in [-0.2, -0.15) is 13.2 Å². The Hall–Kier alpha value is -1.08. The molecule has 0 aliphatic heterocycles. The number of hydrogen-bond donors (Lipinski definition) is 1. The topological polar surface area (TPSA) is 47.0 Å². The third-order valence-corrected chi connectivity index (χ3v) is 2.06. The predicted molar refractivity (Wildman–Crippen MR) is 57.0 cm³/mol. The molecule has 0 spiro atoms. The summed E-state index contributed by atoms with van der Waals surface area (Å²) in [6, 6.07) is 0.804. The number of alkyl halides is 4. The van der Waals surface area contributed by atoms with Crippen LogP contribution in [-0.2, 0) is 10.9 Å². The number of ether oxygens (including phenoxy) is 1. The minimum absolute atomic E-state index is 0.110. The van der Waals surface area contributed by atoms with Crippen molar-refractivity contribution in [2.75, 3.05) is 25.6 Å². The molecule has 0 amide bonds. The van der Waals surface area contributed by atoms with E-state index in [9.17, 15) is 13.2 Å². The maximum absolute atomic E-state index is 12.3. The summed E-state index contributed by atoms with van der Waals surface area (Å²) < 4.78 is 41.7.